The number of anilines is 1. The molecule has 0 saturated carbocycles. The topological polar surface area (TPSA) is 95.7 Å². The van der Waals surface area contributed by atoms with E-state index in [9.17, 15) is 10.1 Å². The van der Waals surface area contributed by atoms with Gasteiger partial charge in [-0.1, -0.05) is 11.8 Å². The number of aryl methyl sites for hydroxylation is 2. The van der Waals surface area contributed by atoms with Crippen molar-refractivity contribution in [3.8, 4) is 6.07 Å². The molecule has 0 aliphatic heterocycles. The fourth-order valence-corrected chi connectivity index (χ4v) is 2.81. The van der Waals surface area contributed by atoms with Crippen LogP contribution in [0.4, 0.5) is 5.88 Å². The van der Waals surface area contributed by atoms with Crippen molar-refractivity contribution in [3.63, 3.8) is 0 Å². The van der Waals surface area contributed by atoms with Gasteiger partial charge in [0.25, 0.3) is 6.20 Å². The molecule has 0 atom stereocenters. The average molecular weight is 332 g/mol. The number of nitrogens with zero attached hydrogens (tertiary/aromatic N) is 4. The van der Waals surface area contributed by atoms with Crippen molar-refractivity contribution in [2.75, 3.05) is 11.1 Å². The Kier molecular flexibility index (Phi) is 5.34. The van der Waals surface area contributed by atoms with Crippen LogP contribution < -0.4 is 10.00 Å². The standard InChI is InChI=1S/C15H17N5O2S/c1-9(2)20-7-14(22-19-20)18-13(21)8-23-15-12(6-16)10(3)5-11(4)17-15/h5,7,9H,8H2,1-4H3/p+1. The largest absolute Gasteiger partial charge is 0.302 e. The fraction of sp³-hybridized carbons (Fsp3) is 0.400. The molecule has 0 radical (unpaired) electrons. The first-order valence-corrected chi connectivity index (χ1v) is 8.08. The third kappa shape index (κ3) is 4.29. The molecule has 0 spiro atoms. The van der Waals surface area contributed by atoms with Crippen molar-refractivity contribution in [3.05, 3.63) is 29.1 Å². The summed E-state index contributed by atoms with van der Waals surface area (Å²) in [6.07, 6.45) is 1.63. The van der Waals surface area contributed by atoms with E-state index in [1.807, 2.05) is 33.8 Å². The molecule has 2 aromatic rings. The summed E-state index contributed by atoms with van der Waals surface area (Å²) in [5.41, 5.74) is 2.18. The van der Waals surface area contributed by atoms with Crippen LogP contribution in [-0.4, -0.2) is 21.9 Å². The maximum atomic E-state index is 12.0. The van der Waals surface area contributed by atoms with E-state index in [2.05, 4.69) is 21.6 Å². The van der Waals surface area contributed by atoms with E-state index in [-0.39, 0.29) is 23.6 Å². The number of aromatic nitrogens is 3. The second kappa shape index (κ2) is 7.24. The molecule has 1 N–H and O–H groups in total. The Morgan fingerprint density at radius 1 is 1.52 bits per heavy atom. The van der Waals surface area contributed by atoms with Gasteiger partial charge in [-0.05, 0) is 44.0 Å². The van der Waals surface area contributed by atoms with Crippen molar-refractivity contribution in [1.29, 1.82) is 5.26 Å². The second-order valence-electron chi connectivity index (χ2n) is 5.35. The van der Waals surface area contributed by atoms with Gasteiger partial charge < -0.3 is 0 Å². The Balaban J connectivity index is 2.01. The number of pyridine rings is 1. The zero-order valence-corrected chi connectivity index (χ0v) is 14.3. The SMILES string of the molecule is Cc1cc(C)c(C#N)c(SCC(=O)Nc2c[n+](C(C)C)no2)n1. The normalized spacial score (nSPS) is 10.6. The van der Waals surface area contributed by atoms with Crippen LogP contribution >= 0.6 is 11.8 Å². The van der Waals surface area contributed by atoms with Crippen LogP contribution in [-0.2, 0) is 4.79 Å². The van der Waals surface area contributed by atoms with Gasteiger partial charge in [0.15, 0.2) is 6.04 Å². The maximum absolute atomic E-state index is 12.0. The lowest BCUT2D eigenvalue weighted by molar-refractivity contribution is -0.779. The van der Waals surface area contributed by atoms with Gasteiger partial charge >= 0.3 is 5.88 Å². The van der Waals surface area contributed by atoms with Gasteiger partial charge in [0.1, 0.15) is 11.1 Å². The summed E-state index contributed by atoms with van der Waals surface area (Å²) in [5, 5.41) is 16.2. The molecule has 0 saturated heterocycles. The van der Waals surface area contributed by atoms with Gasteiger partial charge in [0.05, 0.1) is 11.3 Å². The molecule has 0 unspecified atom stereocenters. The molecule has 0 aromatic carbocycles. The lowest BCUT2D eigenvalue weighted by atomic mass is 10.1. The minimum absolute atomic E-state index is 0.132. The van der Waals surface area contributed by atoms with Crippen LogP contribution in [0.15, 0.2) is 21.8 Å². The number of nitriles is 1. The molecule has 0 bridgehead atoms. The third-order valence-electron chi connectivity index (χ3n) is 3.04. The lowest BCUT2D eigenvalue weighted by Crippen LogP contribution is -2.36. The van der Waals surface area contributed by atoms with Crippen LogP contribution in [0.3, 0.4) is 0 Å². The molecular formula is C15H18N5O2S+. The van der Waals surface area contributed by atoms with E-state index in [1.54, 1.807) is 10.9 Å². The maximum Gasteiger partial charge on any atom is 0.302 e. The van der Waals surface area contributed by atoms with E-state index in [1.165, 1.54) is 11.8 Å². The molecular weight excluding hydrogens is 314 g/mol. The molecule has 7 nitrogen and oxygen atoms in total. The number of carbonyl (C=O) groups is 1. The number of hydrogen-bond donors (Lipinski definition) is 1. The van der Waals surface area contributed by atoms with Gasteiger partial charge in [-0.3, -0.25) is 14.6 Å². The van der Waals surface area contributed by atoms with Crippen LogP contribution in [0.1, 0.15) is 36.7 Å². The number of rotatable bonds is 5. The summed E-state index contributed by atoms with van der Waals surface area (Å²) in [4.78, 5) is 16.3. The first kappa shape index (κ1) is 17.0. The molecule has 2 rings (SSSR count). The number of amides is 1. The number of nitrogens with one attached hydrogen (secondary N) is 1. The van der Waals surface area contributed by atoms with Gasteiger partial charge in [-0.2, -0.15) is 5.26 Å². The molecule has 120 valence electrons. The van der Waals surface area contributed by atoms with Gasteiger partial charge in [0, 0.05) is 5.69 Å². The third-order valence-corrected chi connectivity index (χ3v) is 4.01. The molecule has 8 heteroatoms. The Labute approximate surface area is 138 Å². The van der Waals surface area contributed by atoms with Crippen molar-refractivity contribution in [2.24, 2.45) is 0 Å². The van der Waals surface area contributed by atoms with Crippen LogP contribution in [0.2, 0.25) is 0 Å². The molecule has 2 heterocycles. The highest BCUT2D eigenvalue weighted by atomic mass is 32.2. The highest BCUT2D eigenvalue weighted by molar-refractivity contribution is 8.00. The Bertz CT molecular complexity index is 764. The summed E-state index contributed by atoms with van der Waals surface area (Å²) < 4.78 is 6.65. The van der Waals surface area contributed by atoms with Crippen LogP contribution in [0, 0.1) is 25.2 Å². The zero-order valence-electron chi connectivity index (χ0n) is 13.5. The smallest absolute Gasteiger partial charge is 0.288 e. The fourth-order valence-electron chi connectivity index (χ4n) is 1.91. The summed E-state index contributed by atoms with van der Waals surface area (Å²) in [5.74, 6) is 0.178. The second-order valence-corrected chi connectivity index (χ2v) is 6.31. The summed E-state index contributed by atoms with van der Waals surface area (Å²) in [6, 6.07) is 4.13. The molecule has 23 heavy (non-hydrogen) atoms. The predicted octanol–water partition coefficient (Wildman–Crippen LogP) is 2.16. The van der Waals surface area contributed by atoms with E-state index in [4.69, 9.17) is 4.52 Å². The first-order chi connectivity index (χ1) is 10.9. The van der Waals surface area contributed by atoms with Crippen LogP contribution in [0.25, 0.3) is 0 Å². The van der Waals surface area contributed by atoms with E-state index in [0.29, 0.717) is 10.6 Å². The van der Waals surface area contributed by atoms with E-state index < -0.39 is 0 Å². The minimum atomic E-state index is -0.244. The van der Waals surface area contributed by atoms with Crippen molar-refractivity contribution < 1.29 is 14.0 Å². The van der Waals surface area contributed by atoms with Crippen molar-refractivity contribution >= 4 is 23.6 Å². The number of hydrogen-bond acceptors (Lipinski definition) is 6. The lowest BCUT2D eigenvalue weighted by Gasteiger charge is -2.06. The average Bonchev–Trinajstić information content (AvgIpc) is 2.93. The summed E-state index contributed by atoms with van der Waals surface area (Å²) in [7, 11) is 0. The van der Waals surface area contributed by atoms with E-state index >= 15 is 0 Å². The van der Waals surface area contributed by atoms with Gasteiger partial charge in [0.2, 0.25) is 11.2 Å². The van der Waals surface area contributed by atoms with Crippen molar-refractivity contribution in [2.45, 2.75) is 38.8 Å². The highest BCUT2D eigenvalue weighted by Gasteiger charge is 2.17. The number of thioether (sulfide) groups is 1. The van der Waals surface area contributed by atoms with Gasteiger partial charge in [-0.25, -0.2) is 4.98 Å². The van der Waals surface area contributed by atoms with Crippen LogP contribution in [0.5, 0.6) is 0 Å². The zero-order chi connectivity index (χ0) is 17.0. The molecule has 2 aromatic heterocycles. The highest BCUT2D eigenvalue weighted by Crippen LogP contribution is 2.23. The summed E-state index contributed by atoms with van der Waals surface area (Å²) in [6.45, 7) is 7.63. The molecule has 0 aliphatic carbocycles. The molecule has 1 amide bonds. The predicted molar refractivity (Wildman–Crippen MR) is 84.9 cm³/mol. The molecule has 0 aliphatic rings. The van der Waals surface area contributed by atoms with Gasteiger partial charge in [-0.15, -0.1) is 0 Å². The molecule has 0 fully saturated rings. The van der Waals surface area contributed by atoms with E-state index in [0.717, 1.165) is 11.3 Å². The monoisotopic (exact) mass is 332 g/mol. The minimum Gasteiger partial charge on any atom is -0.288 e. The Morgan fingerprint density at radius 2 is 2.26 bits per heavy atom. The number of carbonyl (C=O) groups excluding carboxylic acids is 1. The Hall–Kier alpha value is -2.40. The van der Waals surface area contributed by atoms with Crippen molar-refractivity contribution in [1.82, 2.24) is 10.3 Å². The Morgan fingerprint density at radius 3 is 2.87 bits per heavy atom. The quantitative estimate of drug-likeness (QED) is 0.666. The summed E-state index contributed by atoms with van der Waals surface area (Å²) >= 11 is 1.23. The first-order valence-electron chi connectivity index (χ1n) is 7.10.